The van der Waals surface area contributed by atoms with E-state index in [4.69, 9.17) is 10.5 Å². The Kier molecular flexibility index (Phi) is 4.00. The molecule has 1 aromatic carbocycles. The minimum atomic E-state index is 0.0592. The maximum atomic E-state index is 11.7. The summed E-state index contributed by atoms with van der Waals surface area (Å²) in [4.78, 5) is 13.4. The Hall–Kier alpha value is -1.39. The second-order valence-electron chi connectivity index (χ2n) is 6.27. The molecule has 0 radical (unpaired) electrons. The normalized spacial score (nSPS) is 25.7. The predicted octanol–water partition coefficient (Wildman–Crippen LogP) is 2.41. The van der Waals surface area contributed by atoms with Crippen LogP contribution in [0, 0.1) is 5.92 Å². The predicted molar refractivity (Wildman–Crippen MR) is 83.2 cm³/mol. The molecule has 2 aliphatic rings. The molecular formula is C17H24N2O2. The Morgan fingerprint density at radius 3 is 2.90 bits per heavy atom. The van der Waals surface area contributed by atoms with Crippen molar-refractivity contribution >= 4 is 11.6 Å². The average molecular weight is 288 g/mol. The van der Waals surface area contributed by atoms with Crippen LogP contribution < -0.4 is 10.6 Å². The zero-order valence-electron chi connectivity index (χ0n) is 12.8. The number of amides is 1. The van der Waals surface area contributed by atoms with Gasteiger partial charge in [-0.1, -0.05) is 12.1 Å². The van der Waals surface area contributed by atoms with E-state index in [1.807, 2.05) is 20.0 Å². The molecule has 1 heterocycles. The number of ether oxygens (including phenoxy) is 1. The Morgan fingerprint density at radius 2 is 2.19 bits per heavy atom. The Labute approximate surface area is 126 Å². The van der Waals surface area contributed by atoms with Gasteiger partial charge in [0.15, 0.2) is 0 Å². The van der Waals surface area contributed by atoms with Crippen molar-refractivity contribution in [1.82, 2.24) is 0 Å². The van der Waals surface area contributed by atoms with Gasteiger partial charge in [-0.25, -0.2) is 0 Å². The van der Waals surface area contributed by atoms with Crippen molar-refractivity contribution in [3.05, 3.63) is 29.3 Å². The summed E-state index contributed by atoms with van der Waals surface area (Å²) in [6.07, 6.45) is 4.22. The van der Waals surface area contributed by atoms with Crippen molar-refractivity contribution in [3.63, 3.8) is 0 Å². The summed E-state index contributed by atoms with van der Waals surface area (Å²) in [5.41, 5.74) is 9.63. The zero-order chi connectivity index (χ0) is 15.0. The number of fused-ring (bicyclic) bond motifs is 1. The SMILES string of the molecule is CCOC1CC(CC(N)c2ccc3c(c2)CC(=O)N3C)C1. The van der Waals surface area contributed by atoms with Crippen molar-refractivity contribution in [1.29, 1.82) is 0 Å². The summed E-state index contributed by atoms with van der Waals surface area (Å²) in [7, 11) is 1.83. The molecule has 1 aliphatic heterocycles. The number of carbonyl (C=O) groups is 1. The number of nitrogens with zero attached hydrogens (tertiary/aromatic N) is 1. The second kappa shape index (κ2) is 5.78. The first-order valence-electron chi connectivity index (χ1n) is 7.85. The Morgan fingerprint density at radius 1 is 1.43 bits per heavy atom. The van der Waals surface area contributed by atoms with Gasteiger partial charge in [-0.15, -0.1) is 0 Å². The molecule has 0 saturated heterocycles. The highest BCUT2D eigenvalue weighted by Gasteiger charge is 2.31. The van der Waals surface area contributed by atoms with E-state index in [0.717, 1.165) is 42.7 Å². The Balaban J connectivity index is 1.60. The maximum absolute atomic E-state index is 11.7. The van der Waals surface area contributed by atoms with E-state index in [1.54, 1.807) is 4.90 Å². The lowest BCUT2D eigenvalue weighted by Gasteiger charge is -2.36. The molecule has 1 amide bonds. The molecule has 1 unspecified atom stereocenters. The summed E-state index contributed by atoms with van der Waals surface area (Å²) in [5, 5.41) is 0. The first-order valence-corrected chi connectivity index (χ1v) is 7.85. The van der Waals surface area contributed by atoms with Crippen molar-refractivity contribution in [2.45, 2.75) is 44.8 Å². The molecule has 1 aromatic rings. The summed E-state index contributed by atoms with van der Waals surface area (Å²) >= 11 is 0. The van der Waals surface area contributed by atoms with Gasteiger partial charge >= 0.3 is 0 Å². The fourth-order valence-corrected chi connectivity index (χ4v) is 3.45. The summed E-state index contributed by atoms with van der Waals surface area (Å²) in [6.45, 7) is 2.84. The molecule has 21 heavy (non-hydrogen) atoms. The smallest absolute Gasteiger partial charge is 0.231 e. The fraction of sp³-hybridized carbons (Fsp3) is 0.588. The van der Waals surface area contributed by atoms with Crippen molar-refractivity contribution in [2.75, 3.05) is 18.6 Å². The number of hydrogen-bond acceptors (Lipinski definition) is 3. The summed E-state index contributed by atoms with van der Waals surface area (Å²) in [6, 6.07) is 6.26. The van der Waals surface area contributed by atoms with Gasteiger partial charge in [0.1, 0.15) is 0 Å². The molecule has 1 fully saturated rings. The van der Waals surface area contributed by atoms with Crippen molar-refractivity contribution in [3.8, 4) is 0 Å². The van der Waals surface area contributed by atoms with Crippen LogP contribution >= 0.6 is 0 Å². The van der Waals surface area contributed by atoms with Gasteiger partial charge in [0.2, 0.25) is 5.91 Å². The monoisotopic (exact) mass is 288 g/mol. The van der Waals surface area contributed by atoms with Gasteiger partial charge in [-0.05, 0) is 49.3 Å². The number of nitrogens with two attached hydrogens (primary N) is 1. The molecule has 3 rings (SSSR count). The van der Waals surface area contributed by atoms with Gasteiger partial charge in [0.25, 0.3) is 0 Å². The lowest BCUT2D eigenvalue weighted by atomic mass is 9.77. The minimum absolute atomic E-state index is 0.0592. The van der Waals surface area contributed by atoms with Crippen LogP contribution in [0.4, 0.5) is 5.69 Å². The standard InChI is InChI=1S/C17H24N2O2/c1-3-21-14-6-11(7-14)8-15(18)12-4-5-16-13(9-12)10-17(20)19(16)2/h4-5,9,11,14-15H,3,6-8,10,18H2,1-2H3. The third-order valence-corrected chi connectivity index (χ3v) is 4.79. The molecule has 2 N–H and O–H groups in total. The molecule has 4 nitrogen and oxygen atoms in total. The quantitative estimate of drug-likeness (QED) is 0.905. The second-order valence-corrected chi connectivity index (χ2v) is 6.27. The third-order valence-electron chi connectivity index (χ3n) is 4.79. The lowest BCUT2D eigenvalue weighted by Crippen LogP contribution is -2.33. The van der Waals surface area contributed by atoms with Gasteiger partial charge < -0.3 is 15.4 Å². The number of rotatable bonds is 5. The molecular weight excluding hydrogens is 264 g/mol. The molecule has 4 heteroatoms. The van der Waals surface area contributed by atoms with Crippen LogP contribution in [0.15, 0.2) is 18.2 Å². The molecule has 0 aromatic heterocycles. The average Bonchev–Trinajstić information content (AvgIpc) is 2.71. The number of benzene rings is 1. The van der Waals surface area contributed by atoms with Crippen LogP contribution in [0.1, 0.15) is 43.4 Å². The van der Waals surface area contributed by atoms with E-state index in [9.17, 15) is 4.79 Å². The van der Waals surface area contributed by atoms with Crippen LogP contribution in [0.3, 0.4) is 0 Å². The summed E-state index contributed by atoms with van der Waals surface area (Å²) in [5.74, 6) is 0.836. The van der Waals surface area contributed by atoms with Crippen molar-refractivity contribution < 1.29 is 9.53 Å². The first kappa shape index (κ1) is 14.5. The highest BCUT2D eigenvalue weighted by molar-refractivity contribution is 6.00. The fourth-order valence-electron chi connectivity index (χ4n) is 3.45. The van der Waals surface area contributed by atoms with Crippen LogP contribution in [-0.4, -0.2) is 25.7 Å². The largest absolute Gasteiger partial charge is 0.378 e. The lowest BCUT2D eigenvalue weighted by molar-refractivity contribution is -0.117. The van der Waals surface area contributed by atoms with E-state index in [1.165, 1.54) is 0 Å². The van der Waals surface area contributed by atoms with Gasteiger partial charge in [0, 0.05) is 25.4 Å². The summed E-state index contributed by atoms with van der Waals surface area (Å²) < 4.78 is 5.60. The highest BCUT2D eigenvalue weighted by Crippen LogP contribution is 2.37. The minimum Gasteiger partial charge on any atom is -0.378 e. The number of anilines is 1. The van der Waals surface area contributed by atoms with E-state index in [2.05, 4.69) is 12.1 Å². The zero-order valence-corrected chi connectivity index (χ0v) is 12.8. The van der Waals surface area contributed by atoms with E-state index in [-0.39, 0.29) is 11.9 Å². The first-order chi connectivity index (χ1) is 10.1. The van der Waals surface area contributed by atoms with E-state index < -0.39 is 0 Å². The van der Waals surface area contributed by atoms with Gasteiger partial charge in [0.05, 0.1) is 12.5 Å². The molecule has 0 spiro atoms. The van der Waals surface area contributed by atoms with Crippen LogP contribution in [-0.2, 0) is 16.0 Å². The maximum Gasteiger partial charge on any atom is 0.231 e. The highest BCUT2D eigenvalue weighted by atomic mass is 16.5. The van der Waals surface area contributed by atoms with Gasteiger partial charge in [-0.2, -0.15) is 0 Å². The van der Waals surface area contributed by atoms with E-state index in [0.29, 0.717) is 18.4 Å². The molecule has 1 aliphatic carbocycles. The van der Waals surface area contributed by atoms with E-state index >= 15 is 0 Å². The van der Waals surface area contributed by atoms with Crippen LogP contribution in [0.5, 0.6) is 0 Å². The third kappa shape index (κ3) is 2.83. The number of carbonyl (C=O) groups excluding carboxylic acids is 1. The Bertz CT molecular complexity index is 538. The number of likely N-dealkylation sites (N-methyl/N-ethyl adjacent to an activating group) is 1. The topological polar surface area (TPSA) is 55.6 Å². The molecule has 0 bridgehead atoms. The van der Waals surface area contributed by atoms with Gasteiger partial charge in [-0.3, -0.25) is 4.79 Å². The van der Waals surface area contributed by atoms with Crippen molar-refractivity contribution in [2.24, 2.45) is 11.7 Å². The molecule has 1 atom stereocenters. The number of hydrogen-bond donors (Lipinski definition) is 1. The molecule has 114 valence electrons. The van der Waals surface area contributed by atoms with Crippen LogP contribution in [0.25, 0.3) is 0 Å². The van der Waals surface area contributed by atoms with Crippen LogP contribution in [0.2, 0.25) is 0 Å². The molecule has 1 saturated carbocycles.